The van der Waals surface area contributed by atoms with Crippen molar-refractivity contribution in [3.63, 3.8) is 0 Å². The summed E-state index contributed by atoms with van der Waals surface area (Å²) in [5.41, 5.74) is 2.45. The average Bonchev–Trinajstić information content (AvgIpc) is 3.40. The first-order valence-corrected chi connectivity index (χ1v) is 14.4. The molecule has 2 amide bonds. The number of aliphatic hydroxyl groups is 2. The third-order valence-electron chi connectivity index (χ3n) is 8.29. The molecule has 2 heterocycles. The highest BCUT2D eigenvalue weighted by Gasteiger charge is 2.40. The second-order valence-corrected chi connectivity index (χ2v) is 11.7. The maximum atomic E-state index is 13.8. The highest BCUT2D eigenvalue weighted by Crippen LogP contribution is 2.33. The number of amides is 2. The molecule has 0 saturated heterocycles. The summed E-state index contributed by atoms with van der Waals surface area (Å²) < 4.78 is 0. The third kappa shape index (κ3) is 6.37. The lowest BCUT2D eigenvalue weighted by atomic mass is 9.82. The molecule has 1 aromatic carbocycles. The molecule has 2 aromatic rings. The molecule has 1 aliphatic heterocycles. The van der Waals surface area contributed by atoms with Crippen molar-refractivity contribution in [2.75, 3.05) is 0 Å². The van der Waals surface area contributed by atoms with Crippen LogP contribution >= 0.6 is 0 Å². The number of aromatic nitrogens is 1. The van der Waals surface area contributed by atoms with E-state index in [0.717, 1.165) is 42.1 Å². The molecular formula is C30H45N3O4. The number of para-hydroxylation sites is 1. The summed E-state index contributed by atoms with van der Waals surface area (Å²) in [5, 5.41) is 26.1. The van der Waals surface area contributed by atoms with E-state index in [1.165, 1.54) is 19.3 Å². The Hall–Kier alpha value is -2.38. The van der Waals surface area contributed by atoms with Gasteiger partial charge in [-0.05, 0) is 37.2 Å². The van der Waals surface area contributed by atoms with Gasteiger partial charge in [0.15, 0.2) is 0 Å². The number of nitrogens with one attached hydrogen (secondary N) is 2. The zero-order chi connectivity index (χ0) is 26.5. The van der Waals surface area contributed by atoms with Crippen LogP contribution in [0.1, 0.15) is 101 Å². The number of nitrogens with zero attached hydrogens (tertiary/aromatic N) is 1. The average molecular weight is 512 g/mol. The molecule has 7 heteroatoms. The number of hydrogen-bond donors (Lipinski definition) is 4. The Kier molecular flexibility index (Phi) is 9.30. The molecular weight excluding hydrogens is 466 g/mol. The molecule has 4 atom stereocenters. The van der Waals surface area contributed by atoms with Crippen LogP contribution in [0.4, 0.5) is 0 Å². The van der Waals surface area contributed by atoms with Gasteiger partial charge in [0.1, 0.15) is 17.8 Å². The Morgan fingerprint density at radius 3 is 2.59 bits per heavy atom. The van der Waals surface area contributed by atoms with Crippen LogP contribution in [0, 0.1) is 11.8 Å². The number of hydrogen-bond acceptors (Lipinski definition) is 4. The summed E-state index contributed by atoms with van der Waals surface area (Å²) in [7, 11) is 0. The minimum Gasteiger partial charge on any atom is -0.390 e. The predicted octanol–water partition coefficient (Wildman–Crippen LogP) is 4.91. The maximum Gasteiger partial charge on any atom is 0.271 e. The standard InChI is InChI=1S/C30H45N3O4/c1-4-5-15-25(33-18-22-21-13-9-10-14-23(21)31-27(22)30(33)37)29(36)32-24(17-20-11-7-6-8-12-20)28(35)26(34)16-19(2)3/h9-10,13-14,19-20,24-26,28,31,34-35H,4-8,11-12,15-18H2,1-3H3,(H,32,36)/t24-,25?,26-,28+/m0/s1. The van der Waals surface area contributed by atoms with Gasteiger partial charge in [0.25, 0.3) is 5.91 Å². The maximum absolute atomic E-state index is 13.8. The van der Waals surface area contributed by atoms with Gasteiger partial charge in [-0.15, -0.1) is 0 Å². The van der Waals surface area contributed by atoms with E-state index in [1.54, 1.807) is 4.90 Å². The van der Waals surface area contributed by atoms with Crippen molar-refractivity contribution < 1.29 is 19.8 Å². The van der Waals surface area contributed by atoms with E-state index in [1.807, 2.05) is 38.1 Å². The van der Waals surface area contributed by atoms with Gasteiger partial charge >= 0.3 is 0 Å². The first kappa shape index (κ1) is 27.6. The minimum absolute atomic E-state index is 0.147. The molecule has 1 unspecified atom stereocenters. The molecule has 37 heavy (non-hydrogen) atoms. The van der Waals surface area contributed by atoms with Crippen molar-refractivity contribution in [2.24, 2.45) is 11.8 Å². The summed E-state index contributed by atoms with van der Waals surface area (Å²) >= 11 is 0. The van der Waals surface area contributed by atoms with Crippen LogP contribution in [0.3, 0.4) is 0 Å². The lowest BCUT2D eigenvalue weighted by Crippen LogP contribution is -2.55. The number of unbranched alkanes of at least 4 members (excludes halogenated alkanes) is 1. The van der Waals surface area contributed by atoms with Crippen LogP contribution in [-0.2, 0) is 11.3 Å². The van der Waals surface area contributed by atoms with E-state index in [2.05, 4.69) is 17.2 Å². The number of carbonyl (C=O) groups excluding carboxylic acids is 2. The van der Waals surface area contributed by atoms with Gasteiger partial charge in [0.2, 0.25) is 5.91 Å². The molecule has 1 fully saturated rings. The highest BCUT2D eigenvalue weighted by atomic mass is 16.3. The van der Waals surface area contributed by atoms with Crippen molar-refractivity contribution in [3.8, 4) is 0 Å². The number of rotatable bonds is 12. The van der Waals surface area contributed by atoms with Gasteiger partial charge < -0.3 is 25.4 Å². The van der Waals surface area contributed by atoms with Crippen LogP contribution in [0.15, 0.2) is 24.3 Å². The smallest absolute Gasteiger partial charge is 0.271 e. The van der Waals surface area contributed by atoms with Gasteiger partial charge in [0.05, 0.1) is 12.1 Å². The quantitative estimate of drug-likeness (QED) is 0.325. The molecule has 1 aromatic heterocycles. The summed E-state index contributed by atoms with van der Waals surface area (Å²) in [6.45, 7) is 6.51. The number of aliphatic hydroxyl groups excluding tert-OH is 2. The van der Waals surface area contributed by atoms with Crippen LogP contribution in [0.25, 0.3) is 10.9 Å². The van der Waals surface area contributed by atoms with E-state index in [9.17, 15) is 19.8 Å². The first-order chi connectivity index (χ1) is 17.8. The zero-order valence-corrected chi connectivity index (χ0v) is 22.7. The summed E-state index contributed by atoms with van der Waals surface area (Å²) in [5.74, 6) is 0.284. The Labute approximate surface area is 221 Å². The number of benzene rings is 1. The van der Waals surface area contributed by atoms with Crippen LogP contribution < -0.4 is 5.32 Å². The second-order valence-electron chi connectivity index (χ2n) is 11.7. The first-order valence-electron chi connectivity index (χ1n) is 14.4. The fourth-order valence-corrected chi connectivity index (χ4v) is 6.25. The van der Waals surface area contributed by atoms with Crippen molar-refractivity contribution >= 4 is 22.7 Å². The summed E-state index contributed by atoms with van der Waals surface area (Å²) in [4.78, 5) is 32.2. The van der Waals surface area contributed by atoms with E-state index in [-0.39, 0.29) is 17.7 Å². The minimum atomic E-state index is -1.04. The topological polar surface area (TPSA) is 106 Å². The third-order valence-corrected chi connectivity index (χ3v) is 8.29. The summed E-state index contributed by atoms with van der Waals surface area (Å²) in [6, 6.07) is 6.73. The van der Waals surface area contributed by atoms with Crippen LogP contribution in [-0.4, -0.2) is 56.2 Å². The Morgan fingerprint density at radius 2 is 1.89 bits per heavy atom. The Bertz CT molecular complexity index is 1060. The molecule has 2 aliphatic rings. The number of H-pyrrole nitrogens is 1. The fourth-order valence-electron chi connectivity index (χ4n) is 6.25. The van der Waals surface area contributed by atoms with Crippen molar-refractivity contribution in [1.29, 1.82) is 0 Å². The van der Waals surface area contributed by atoms with E-state index < -0.39 is 24.3 Å². The molecule has 1 aliphatic carbocycles. The molecule has 0 spiro atoms. The largest absolute Gasteiger partial charge is 0.390 e. The van der Waals surface area contributed by atoms with Gasteiger partial charge in [0, 0.05) is 23.0 Å². The number of aromatic amines is 1. The van der Waals surface area contributed by atoms with E-state index in [0.29, 0.717) is 37.4 Å². The lowest BCUT2D eigenvalue weighted by molar-refractivity contribution is -0.128. The van der Waals surface area contributed by atoms with Gasteiger partial charge in [-0.25, -0.2) is 0 Å². The van der Waals surface area contributed by atoms with Crippen molar-refractivity contribution in [1.82, 2.24) is 15.2 Å². The Balaban J connectivity index is 1.53. The molecule has 4 rings (SSSR count). The summed E-state index contributed by atoms with van der Waals surface area (Å²) in [6.07, 6.45) is 7.25. The number of fused-ring (bicyclic) bond motifs is 3. The molecule has 7 nitrogen and oxygen atoms in total. The van der Waals surface area contributed by atoms with Crippen molar-refractivity contribution in [3.05, 3.63) is 35.5 Å². The van der Waals surface area contributed by atoms with Crippen LogP contribution in [0.5, 0.6) is 0 Å². The molecule has 1 saturated carbocycles. The zero-order valence-electron chi connectivity index (χ0n) is 22.7. The van der Waals surface area contributed by atoms with Crippen molar-refractivity contribution in [2.45, 2.75) is 116 Å². The SMILES string of the molecule is CCCCC(C(=O)N[C@@H](CC1CCCCC1)[C@@H](O)[C@@H](O)CC(C)C)N1Cc2c([nH]c3ccccc23)C1=O. The van der Waals surface area contributed by atoms with Crippen LogP contribution in [0.2, 0.25) is 0 Å². The van der Waals surface area contributed by atoms with E-state index >= 15 is 0 Å². The molecule has 0 bridgehead atoms. The van der Waals surface area contributed by atoms with Gasteiger partial charge in [-0.2, -0.15) is 0 Å². The van der Waals surface area contributed by atoms with Gasteiger partial charge in [-0.3, -0.25) is 9.59 Å². The molecule has 4 N–H and O–H groups in total. The Morgan fingerprint density at radius 1 is 1.16 bits per heavy atom. The highest BCUT2D eigenvalue weighted by molar-refractivity contribution is 6.05. The molecule has 0 radical (unpaired) electrons. The normalized spacial score (nSPS) is 19.7. The van der Waals surface area contributed by atoms with Gasteiger partial charge in [-0.1, -0.05) is 83.9 Å². The predicted molar refractivity (Wildman–Crippen MR) is 146 cm³/mol. The monoisotopic (exact) mass is 511 g/mol. The fraction of sp³-hybridized carbons (Fsp3) is 0.667. The molecule has 204 valence electrons. The van der Waals surface area contributed by atoms with E-state index in [4.69, 9.17) is 0 Å². The second kappa shape index (κ2) is 12.4. The lowest BCUT2D eigenvalue weighted by Gasteiger charge is -2.35. The number of carbonyl (C=O) groups is 2.